The Kier molecular flexibility index (Phi) is 4.06. The van der Waals surface area contributed by atoms with Gasteiger partial charge in [-0.3, -0.25) is 4.98 Å². The van der Waals surface area contributed by atoms with Crippen molar-refractivity contribution in [3.05, 3.63) is 71.1 Å². The van der Waals surface area contributed by atoms with Gasteiger partial charge >= 0.3 is 0 Å². The summed E-state index contributed by atoms with van der Waals surface area (Å²) in [6.07, 6.45) is 5.47. The molecule has 0 aliphatic carbocycles. The second-order valence-electron chi connectivity index (χ2n) is 6.48. The molecule has 0 N–H and O–H groups in total. The van der Waals surface area contributed by atoms with E-state index < -0.39 is 0 Å². The first-order chi connectivity index (χ1) is 12.1. The van der Waals surface area contributed by atoms with Crippen LogP contribution in [0.4, 0.5) is 11.5 Å². The van der Waals surface area contributed by atoms with Gasteiger partial charge in [0, 0.05) is 37.7 Å². The maximum absolute atomic E-state index is 6.08. The summed E-state index contributed by atoms with van der Waals surface area (Å²) in [5, 5.41) is 0.664. The molecule has 0 saturated carbocycles. The smallest absolute Gasteiger partial charge is 0.153 e. The Morgan fingerprint density at radius 1 is 1.08 bits per heavy atom. The molecule has 0 bridgehead atoms. The van der Waals surface area contributed by atoms with Gasteiger partial charge in [0.05, 0.1) is 17.4 Å². The van der Waals surface area contributed by atoms with Crippen molar-refractivity contribution < 1.29 is 0 Å². The van der Waals surface area contributed by atoms with Crippen LogP contribution in [0.2, 0.25) is 5.02 Å². The molecule has 3 heterocycles. The molecule has 0 unspecified atom stereocenters. The summed E-state index contributed by atoms with van der Waals surface area (Å²) >= 11 is 6.08. The fourth-order valence-electron chi connectivity index (χ4n) is 3.25. The second kappa shape index (κ2) is 6.37. The van der Waals surface area contributed by atoms with Gasteiger partial charge < -0.3 is 9.80 Å². The molecule has 5 heteroatoms. The van der Waals surface area contributed by atoms with Crippen LogP contribution < -0.4 is 9.80 Å². The Labute approximate surface area is 152 Å². The van der Waals surface area contributed by atoms with Gasteiger partial charge in [0.25, 0.3) is 0 Å². The Balaban J connectivity index is 1.69. The number of fused-ring (bicyclic) bond motifs is 1. The number of rotatable bonds is 3. The van der Waals surface area contributed by atoms with Gasteiger partial charge in [-0.2, -0.15) is 0 Å². The average Bonchev–Trinajstić information content (AvgIpc) is 2.90. The quantitative estimate of drug-likeness (QED) is 0.695. The van der Waals surface area contributed by atoms with E-state index in [0.717, 1.165) is 35.8 Å². The van der Waals surface area contributed by atoms with E-state index in [9.17, 15) is 0 Å². The first-order valence-electron chi connectivity index (χ1n) is 8.23. The highest BCUT2D eigenvalue weighted by Gasteiger charge is 2.25. The Morgan fingerprint density at radius 3 is 2.76 bits per heavy atom. The predicted molar refractivity (Wildman–Crippen MR) is 103 cm³/mol. The highest BCUT2D eigenvalue weighted by Crippen LogP contribution is 2.37. The molecule has 25 heavy (non-hydrogen) atoms. The third kappa shape index (κ3) is 3.17. The molecule has 1 aromatic carbocycles. The molecule has 0 radical (unpaired) electrons. The summed E-state index contributed by atoms with van der Waals surface area (Å²) in [7, 11) is 2.06. The van der Waals surface area contributed by atoms with Gasteiger partial charge in [0.15, 0.2) is 5.82 Å². The monoisotopic (exact) mass is 350 g/mol. The van der Waals surface area contributed by atoms with Crippen LogP contribution in [0.25, 0.3) is 11.1 Å². The minimum atomic E-state index is 0.664. The summed E-state index contributed by atoms with van der Waals surface area (Å²) in [5.41, 5.74) is 5.80. The number of halogens is 1. The molecule has 1 aliphatic heterocycles. The van der Waals surface area contributed by atoms with Crippen molar-refractivity contribution in [1.82, 2.24) is 9.97 Å². The minimum Gasteiger partial charge on any atom is -0.346 e. The highest BCUT2D eigenvalue weighted by atomic mass is 35.5. The SMILES string of the molecule is Cc1cccc(-c2cnc3c(c2)N(Cc2cncc(Cl)c2)CN3C)c1. The van der Waals surface area contributed by atoms with Crippen molar-refractivity contribution in [2.75, 3.05) is 23.5 Å². The topological polar surface area (TPSA) is 32.3 Å². The highest BCUT2D eigenvalue weighted by molar-refractivity contribution is 6.30. The van der Waals surface area contributed by atoms with Gasteiger partial charge in [0.2, 0.25) is 0 Å². The van der Waals surface area contributed by atoms with Crippen LogP contribution in [-0.4, -0.2) is 23.7 Å². The number of aromatic nitrogens is 2. The number of hydrogen-bond donors (Lipinski definition) is 0. The average molecular weight is 351 g/mol. The Bertz CT molecular complexity index is 925. The molecule has 0 fully saturated rings. The summed E-state index contributed by atoms with van der Waals surface area (Å²) in [4.78, 5) is 13.3. The van der Waals surface area contributed by atoms with Gasteiger partial charge in [-0.25, -0.2) is 4.98 Å². The maximum atomic E-state index is 6.08. The van der Waals surface area contributed by atoms with Crippen LogP contribution in [0.3, 0.4) is 0 Å². The minimum absolute atomic E-state index is 0.664. The van der Waals surface area contributed by atoms with Gasteiger partial charge in [0.1, 0.15) is 0 Å². The fraction of sp³-hybridized carbons (Fsp3) is 0.200. The van der Waals surface area contributed by atoms with Gasteiger partial charge in [-0.15, -0.1) is 0 Å². The number of hydrogen-bond acceptors (Lipinski definition) is 4. The van der Waals surface area contributed by atoms with Crippen molar-refractivity contribution in [3.8, 4) is 11.1 Å². The number of anilines is 2. The molecule has 1 aliphatic rings. The van der Waals surface area contributed by atoms with Crippen LogP contribution >= 0.6 is 11.6 Å². The van der Waals surface area contributed by atoms with Crippen LogP contribution in [0, 0.1) is 6.92 Å². The second-order valence-corrected chi connectivity index (χ2v) is 6.92. The molecule has 0 spiro atoms. The van der Waals surface area contributed by atoms with Gasteiger partial charge in [-0.05, 0) is 30.2 Å². The molecular formula is C20H19ClN4. The lowest BCUT2D eigenvalue weighted by atomic mass is 10.0. The summed E-state index contributed by atoms with van der Waals surface area (Å²) in [5.74, 6) is 1.01. The predicted octanol–water partition coefficient (Wildman–Crippen LogP) is 4.52. The van der Waals surface area contributed by atoms with E-state index in [4.69, 9.17) is 16.6 Å². The summed E-state index contributed by atoms with van der Waals surface area (Å²) in [6.45, 7) is 3.66. The van der Waals surface area contributed by atoms with Crippen molar-refractivity contribution in [2.45, 2.75) is 13.5 Å². The number of benzene rings is 1. The van der Waals surface area contributed by atoms with Crippen molar-refractivity contribution >= 4 is 23.1 Å². The standard InChI is InChI=1S/C20H19ClN4/c1-14-4-3-5-16(6-14)17-8-19-20(23-10-17)24(2)13-25(19)12-15-7-18(21)11-22-9-15/h3-11H,12-13H2,1-2H3. The van der Waals surface area contributed by atoms with Crippen LogP contribution in [-0.2, 0) is 6.54 Å². The summed E-state index contributed by atoms with van der Waals surface area (Å²) < 4.78 is 0. The van der Waals surface area contributed by atoms with E-state index in [-0.39, 0.29) is 0 Å². The maximum Gasteiger partial charge on any atom is 0.153 e. The van der Waals surface area contributed by atoms with Crippen molar-refractivity contribution in [1.29, 1.82) is 0 Å². The molecule has 126 valence electrons. The first kappa shape index (κ1) is 15.9. The third-order valence-electron chi connectivity index (χ3n) is 4.42. The molecule has 3 aromatic rings. The van der Waals surface area contributed by atoms with Crippen molar-refractivity contribution in [2.24, 2.45) is 0 Å². The lowest BCUT2D eigenvalue weighted by Gasteiger charge is -2.19. The molecule has 2 aromatic heterocycles. The Hall–Kier alpha value is -2.59. The van der Waals surface area contributed by atoms with Crippen molar-refractivity contribution in [3.63, 3.8) is 0 Å². The molecule has 0 saturated heterocycles. The third-order valence-corrected chi connectivity index (χ3v) is 4.63. The Morgan fingerprint density at radius 2 is 1.96 bits per heavy atom. The van der Waals surface area contributed by atoms with Crippen LogP contribution in [0.1, 0.15) is 11.1 Å². The zero-order chi connectivity index (χ0) is 17.4. The van der Waals surface area contributed by atoms with Crippen LogP contribution in [0.15, 0.2) is 55.0 Å². The zero-order valence-corrected chi connectivity index (χ0v) is 15.0. The zero-order valence-electron chi connectivity index (χ0n) is 14.3. The normalized spacial score (nSPS) is 13.2. The molecule has 4 nitrogen and oxygen atoms in total. The molecule has 4 rings (SSSR count). The molecular weight excluding hydrogens is 332 g/mol. The van der Waals surface area contributed by atoms with Gasteiger partial charge in [-0.1, -0.05) is 41.4 Å². The van der Waals surface area contributed by atoms with Crippen LogP contribution in [0.5, 0.6) is 0 Å². The molecule has 0 amide bonds. The van der Waals surface area contributed by atoms with E-state index in [1.165, 1.54) is 11.1 Å². The molecule has 0 atom stereocenters. The van der Waals surface area contributed by atoms with E-state index >= 15 is 0 Å². The number of aryl methyl sites for hydroxylation is 1. The summed E-state index contributed by atoms with van der Waals surface area (Å²) in [6, 6.07) is 12.7. The van der Waals surface area contributed by atoms with E-state index in [2.05, 4.69) is 59.1 Å². The number of nitrogens with zero attached hydrogens (tertiary/aromatic N) is 4. The van der Waals surface area contributed by atoms with E-state index in [1.807, 2.05) is 18.5 Å². The van der Waals surface area contributed by atoms with E-state index in [0.29, 0.717) is 5.02 Å². The fourth-order valence-corrected chi connectivity index (χ4v) is 3.45. The van der Waals surface area contributed by atoms with E-state index in [1.54, 1.807) is 6.20 Å². The largest absolute Gasteiger partial charge is 0.346 e. The number of pyridine rings is 2. The first-order valence-corrected chi connectivity index (χ1v) is 8.60. The lowest BCUT2D eigenvalue weighted by molar-refractivity contribution is 0.812. The lowest BCUT2D eigenvalue weighted by Crippen LogP contribution is -2.27.